The number of carbonyl (C=O) groups excluding carboxylic acids is 1. The fourth-order valence-corrected chi connectivity index (χ4v) is 2.24. The zero-order valence-corrected chi connectivity index (χ0v) is 12.1. The van der Waals surface area contributed by atoms with Gasteiger partial charge in [-0.2, -0.15) is 5.10 Å². The first kappa shape index (κ1) is 14.1. The first-order chi connectivity index (χ1) is 9.51. The molecule has 0 saturated carbocycles. The summed E-state index contributed by atoms with van der Waals surface area (Å²) in [5.74, 6) is -0.0894. The van der Waals surface area contributed by atoms with Gasteiger partial charge in [-0.05, 0) is 37.1 Å². The molecule has 106 valence electrons. The van der Waals surface area contributed by atoms with Crippen LogP contribution < -0.4 is 11.1 Å². The molecule has 1 aromatic carbocycles. The maximum Gasteiger partial charge on any atom is 0.251 e. The van der Waals surface area contributed by atoms with Crippen LogP contribution in [-0.2, 0) is 20.0 Å². The van der Waals surface area contributed by atoms with Crippen LogP contribution in [0.3, 0.4) is 0 Å². The SMILES string of the molecule is CCc1nn(C)cc1CNC(=O)c1ccc(N)cc1C. The van der Waals surface area contributed by atoms with Gasteiger partial charge in [0.2, 0.25) is 0 Å². The minimum atomic E-state index is -0.0894. The van der Waals surface area contributed by atoms with E-state index < -0.39 is 0 Å². The molecule has 2 rings (SSSR count). The molecule has 2 aromatic rings. The van der Waals surface area contributed by atoms with Gasteiger partial charge >= 0.3 is 0 Å². The average Bonchev–Trinajstić information content (AvgIpc) is 2.76. The fraction of sp³-hybridized carbons (Fsp3) is 0.333. The summed E-state index contributed by atoms with van der Waals surface area (Å²) in [4.78, 5) is 12.2. The van der Waals surface area contributed by atoms with Gasteiger partial charge in [0.25, 0.3) is 5.91 Å². The summed E-state index contributed by atoms with van der Waals surface area (Å²) in [5.41, 5.74) is 9.96. The van der Waals surface area contributed by atoms with Crippen LogP contribution in [0.1, 0.15) is 34.1 Å². The Morgan fingerprint density at radius 1 is 1.45 bits per heavy atom. The molecule has 0 fully saturated rings. The van der Waals surface area contributed by atoms with E-state index in [1.165, 1.54) is 0 Å². The van der Waals surface area contributed by atoms with E-state index in [1.807, 2.05) is 20.2 Å². The molecule has 0 atom stereocenters. The molecule has 1 heterocycles. The van der Waals surface area contributed by atoms with Crippen molar-refractivity contribution in [2.75, 3.05) is 5.73 Å². The zero-order chi connectivity index (χ0) is 14.7. The number of benzene rings is 1. The Kier molecular flexibility index (Phi) is 4.08. The van der Waals surface area contributed by atoms with E-state index >= 15 is 0 Å². The second kappa shape index (κ2) is 5.77. The van der Waals surface area contributed by atoms with Gasteiger partial charge in [-0.25, -0.2) is 0 Å². The van der Waals surface area contributed by atoms with Crippen molar-refractivity contribution in [3.05, 3.63) is 46.8 Å². The lowest BCUT2D eigenvalue weighted by Gasteiger charge is -2.08. The van der Waals surface area contributed by atoms with Gasteiger partial charge in [-0.15, -0.1) is 0 Å². The molecule has 0 bridgehead atoms. The standard InChI is InChI=1S/C15H20N4O/c1-4-14-11(9-19(3)18-14)8-17-15(20)13-6-5-12(16)7-10(13)2/h5-7,9H,4,8,16H2,1-3H3,(H,17,20). The molecule has 20 heavy (non-hydrogen) atoms. The van der Waals surface area contributed by atoms with E-state index in [2.05, 4.69) is 17.3 Å². The highest BCUT2D eigenvalue weighted by molar-refractivity contribution is 5.95. The van der Waals surface area contributed by atoms with E-state index in [0.717, 1.165) is 23.2 Å². The highest BCUT2D eigenvalue weighted by Crippen LogP contribution is 2.13. The minimum Gasteiger partial charge on any atom is -0.399 e. The third kappa shape index (κ3) is 2.99. The van der Waals surface area contributed by atoms with Crippen LogP contribution >= 0.6 is 0 Å². The van der Waals surface area contributed by atoms with Crippen LogP contribution in [0.2, 0.25) is 0 Å². The van der Waals surface area contributed by atoms with Crippen LogP contribution in [0.15, 0.2) is 24.4 Å². The lowest BCUT2D eigenvalue weighted by molar-refractivity contribution is 0.0950. The summed E-state index contributed by atoms with van der Waals surface area (Å²) >= 11 is 0. The minimum absolute atomic E-state index is 0.0894. The highest BCUT2D eigenvalue weighted by Gasteiger charge is 2.11. The van der Waals surface area contributed by atoms with Crippen LogP contribution in [0.5, 0.6) is 0 Å². The monoisotopic (exact) mass is 272 g/mol. The Morgan fingerprint density at radius 3 is 2.85 bits per heavy atom. The molecule has 5 heteroatoms. The second-order valence-corrected chi connectivity index (χ2v) is 4.89. The quantitative estimate of drug-likeness (QED) is 0.834. The summed E-state index contributed by atoms with van der Waals surface area (Å²) < 4.78 is 1.77. The fourth-order valence-electron chi connectivity index (χ4n) is 2.24. The van der Waals surface area contributed by atoms with Crippen LogP contribution in [0.4, 0.5) is 5.69 Å². The van der Waals surface area contributed by atoms with Gasteiger partial charge in [0.1, 0.15) is 0 Å². The largest absolute Gasteiger partial charge is 0.399 e. The molecule has 0 radical (unpaired) electrons. The van der Waals surface area contributed by atoms with Crippen molar-refractivity contribution >= 4 is 11.6 Å². The molecular weight excluding hydrogens is 252 g/mol. The smallest absolute Gasteiger partial charge is 0.251 e. The first-order valence-corrected chi connectivity index (χ1v) is 6.67. The predicted molar refractivity (Wildman–Crippen MR) is 79.3 cm³/mol. The summed E-state index contributed by atoms with van der Waals surface area (Å²) in [7, 11) is 1.88. The van der Waals surface area contributed by atoms with Gasteiger partial charge in [-0.1, -0.05) is 6.92 Å². The van der Waals surface area contributed by atoms with Crippen molar-refractivity contribution in [2.45, 2.75) is 26.8 Å². The summed E-state index contributed by atoms with van der Waals surface area (Å²) in [6.45, 7) is 4.42. The molecular formula is C15H20N4O. The summed E-state index contributed by atoms with van der Waals surface area (Å²) in [6.07, 6.45) is 2.79. The third-order valence-corrected chi connectivity index (χ3v) is 3.26. The number of hydrogen-bond acceptors (Lipinski definition) is 3. The number of amides is 1. The second-order valence-electron chi connectivity index (χ2n) is 4.89. The Balaban J connectivity index is 2.08. The number of nitrogens with one attached hydrogen (secondary N) is 1. The Morgan fingerprint density at radius 2 is 2.20 bits per heavy atom. The molecule has 0 saturated heterocycles. The summed E-state index contributed by atoms with van der Waals surface area (Å²) in [6, 6.07) is 5.30. The van der Waals surface area contributed by atoms with Crippen LogP contribution in [0.25, 0.3) is 0 Å². The van der Waals surface area contributed by atoms with Crippen molar-refractivity contribution in [1.82, 2.24) is 15.1 Å². The molecule has 0 spiro atoms. The van der Waals surface area contributed by atoms with E-state index in [-0.39, 0.29) is 5.91 Å². The van der Waals surface area contributed by atoms with Gasteiger partial charge < -0.3 is 11.1 Å². The van der Waals surface area contributed by atoms with E-state index in [4.69, 9.17) is 5.73 Å². The number of anilines is 1. The molecule has 0 aliphatic heterocycles. The number of aromatic nitrogens is 2. The average molecular weight is 272 g/mol. The summed E-state index contributed by atoms with van der Waals surface area (Å²) in [5, 5.41) is 7.29. The molecule has 0 aliphatic rings. The van der Waals surface area contributed by atoms with Gasteiger partial charge in [-0.3, -0.25) is 9.48 Å². The van der Waals surface area contributed by atoms with Crippen molar-refractivity contribution in [2.24, 2.45) is 7.05 Å². The number of nitrogens with two attached hydrogens (primary N) is 1. The normalized spacial score (nSPS) is 10.6. The van der Waals surface area contributed by atoms with Gasteiger partial charge in [0.05, 0.1) is 5.69 Å². The Bertz CT molecular complexity index is 631. The Hall–Kier alpha value is -2.30. The molecule has 1 aromatic heterocycles. The van der Waals surface area contributed by atoms with E-state index in [9.17, 15) is 4.79 Å². The zero-order valence-electron chi connectivity index (χ0n) is 12.1. The number of aryl methyl sites for hydroxylation is 3. The topological polar surface area (TPSA) is 72.9 Å². The number of nitrogen functional groups attached to an aromatic ring is 1. The van der Waals surface area contributed by atoms with Crippen LogP contribution in [-0.4, -0.2) is 15.7 Å². The van der Waals surface area contributed by atoms with Crippen molar-refractivity contribution < 1.29 is 4.79 Å². The van der Waals surface area contributed by atoms with Gasteiger partial charge in [0, 0.05) is 36.6 Å². The predicted octanol–water partition coefficient (Wildman–Crippen LogP) is 1.80. The van der Waals surface area contributed by atoms with E-state index in [1.54, 1.807) is 22.9 Å². The maximum absolute atomic E-state index is 12.2. The van der Waals surface area contributed by atoms with E-state index in [0.29, 0.717) is 17.8 Å². The molecule has 1 amide bonds. The molecule has 0 unspecified atom stereocenters. The van der Waals surface area contributed by atoms with Gasteiger partial charge in [0.15, 0.2) is 0 Å². The number of nitrogens with zero attached hydrogens (tertiary/aromatic N) is 2. The third-order valence-electron chi connectivity index (χ3n) is 3.26. The number of carbonyl (C=O) groups is 1. The number of hydrogen-bond donors (Lipinski definition) is 2. The lowest BCUT2D eigenvalue weighted by atomic mass is 10.1. The molecule has 0 aliphatic carbocycles. The van der Waals surface area contributed by atoms with Crippen molar-refractivity contribution in [3.63, 3.8) is 0 Å². The highest BCUT2D eigenvalue weighted by atomic mass is 16.1. The van der Waals surface area contributed by atoms with Crippen molar-refractivity contribution in [3.8, 4) is 0 Å². The molecule has 5 nitrogen and oxygen atoms in total. The van der Waals surface area contributed by atoms with Crippen LogP contribution in [0, 0.1) is 6.92 Å². The first-order valence-electron chi connectivity index (χ1n) is 6.67. The molecule has 3 N–H and O–H groups in total. The maximum atomic E-state index is 12.2. The van der Waals surface area contributed by atoms with Crippen molar-refractivity contribution in [1.29, 1.82) is 0 Å². The Labute approximate surface area is 118 Å². The number of rotatable bonds is 4. The lowest BCUT2D eigenvalue weighted by Crippen LogP contribution is -2.24.